The zero-order valence-electron chi connectivity index (χ0n) is 7.58. The maximum absolute atomic E-state index is 12.4. The highest BCUT2D eigenvalue weighted by molar-refractivity contribution is 9.08. The highest BCUT2D eigenvalue weighted by atomic mass is 79.9. The van der Waals surface area contributed by atoms with Gasteiger partial charge in [0.25, 0.3) is 6.43 Å². The van der Waals surface area contributed by atoms with E-state index in [9.17, 15) is 13.6 Å². The molecule has 0 aliphatic rings. The smallest absolute Gasteiger partial charge is 0.309 e. The van der Waals surface area contributed by atoms with E-state index in [0.29, 0.717) is 10.9 Å². The highest BCUT2D eigenvalue weighted by Gasteiger charge is 2.12. The number of carboxylic acids is 1. The molecule has 0 aromatic carbocycles. The zero-order valence-corrected chi connectivity index (χ0v) is 9.17. The van der Waals surface area contributed by atoms with Crippen LogP contribution in [0.15, 0.2) is 12.1 Å². The number of hydrogen-bond acceptors (Lipinski definition) is 2. The normalized spacial score (nSPS) is 10.7. The van der Waals surface area contributed by atoms with Gasteiger partial charge in [0.2, 0.25) is 0 Å². The Kier molecular flexibility index (Phi) is 4.14. The van der Waals surface area contributed by atoms with Gasteiger partial charge in [-0.05, 0) is 17.7 Å². The fourth-order valence-electron chi connectivity index (χ4n) is 1.11. The Balaban J connectivity index is 3.05. The first-order valence-corrected chi connectivity index (χ1v) is 5.20. The van der Waals surface area contributed by atoms with Gasteiger partial charge in [0.15, 0.2) is 0 Å². The Hall–Kier alpha value is -1.04. The van der Waals surface area contributed by atoms with Crippen molar-refractivity contribution in [1.29, 1.82) is 0 Å². The van der Waals surface area contributed by atoms with Gasteiger partial charge in [-0.2, -0.15) is 0 Å². The number of pyridine rings is 1. The van der Waals surface area contributed by atoms with Crippen LogP contribution in [-0.2, 0) is 16.5 Å². The average Bonchev–Trinajstić information content (AvgIpc) is 2.16. The molecule has 3 nitrogen and oxygen atoms in total. The lowest BCUT2D eigenvalue weighted by Gasteiger charge is -2.05. The minimum atomic E-state index is -2.68. The first-order chi connectivity index (χ1) is 7.02. The van der Waals surface area contributed by atoms with Crippen LogP contribution in [-0.4, -0.2) is 16.1 Å². The molecule has 1 aromatic heterocycles. The zero-order chi connectivity index (χ0) is 11.4. The third kappa shape index (κ3) is 3.54. The van der Waals surface area contributed by atoms with Gasteiger partial charge in [0.1, 0.15) is 5.69 Å². The van der Waals surface area contributed by atoms with E-state index in [4.69, 9.17) is 5.11 Å². The summed E-state index contributed by atoms with van der Waals surface area (Å²) in [6.45, 7) is 0. The molecule has 1 heterocycles. The van der Waals surface area contributed by atoms with Gasteiger partial charge >= 0.3 is 5.97 Å². The number of carboxylic acid groups (broad SMARTS) is 1. The molecule has 0 saturated carbocycles. The van der Waals surface area contributed by atoms with Crippen molar-refractivity contribution in [2.24, 2.45) is 0 Å². The summed E-state index contributed by atoms with van der Waals surface area (Å²) in [5.41, 5.74) is 0.356. The van der Waals surface area contributed by atoms with Gasteiger partial charge < -0.3 is 5.11 Å². The summed E-state index contributed by atoms with van der Waals surface area (Å²) < 4.78 is 24.8. The standard InChI is InChI=1S/C9H8BrF2NO2/c10-4-5-1-6(3-8(14)15)13-7(2-5)9(11)12/h1-2,9H,3-4H2,(H,14,15). The molecule has 0 radical (unpaired) electrons. The van der Waals surface area contributed by atoms with E-state index in [1.807, 2.05) is 0 Å². The summed E-state index contributed by atoms with van der Waals surface area (Å²) in [5.74, 6) is -1.09. The molecule has 1 aromatic rings. The van der Waals surface area contributed by atoms with Crippen LogP contribution in [0.4, 0.5) is 8.78 Å². The maximum Gasteiger partial charge on any atom is 0.309 e. The van der Waals surface area contributed by atoms with Gasteiger partial charge in [-0.3, -0.25) is 9.78 Å². The van der Waals surface area contributed by atoms with E-state index in [0.717, 1.165) is 0 Å². The van der Waals surface area contributed by atoms with Gasteiger partial charge in [-0.15, -0.1) is 0 Å². The average molecular weight is 280 g/mol. The minimum Gasteiger partial charge on any atom is -0.481 e. The molecule has 0 aliphatic carbocycles. The van der Waals surface area contributed by atoms with Crippen molar-refractivity contribution in [2.75, 3.05) is 0 Å². The Morgan fingerprint density at radius 1 is 1.53 bits per heavy atom. The number of aromatic nitrogens is 1. The van der Waals surface area contributed by atoms with Gasteiger partial charge in [-0.1, -0.05) is 15.9 Å². The van der Waals surface area contributed by atoms with Crippen LogP contribution in [0.3, 0.4) is 0 Å². The number of nitrogens with zero attached hydrogens (tertiary/aromatic N) is 1. The third-order valence-corrected chi connectivity index (χ3v) is 2.32. The largest absolute Gasteiger partial charge is 0.481 e. The molecule has 0 bridgehead atoms. The molecular weight excluding hydrogens is 272 g/mol. The second-order valence-electron chi connectivity index (χ2n) is 2.90. The Morgan fingerprint density at radius 3 is 2.67 bits per heavy atom. The fourth-order valence-corrected chi connectivity index (χ4v) is 1.43. The number of carbonyl (C=O) groups is 1. The van der Waals surface area contributed by atoms with Crippen molar-refractivity contribution in [3.05, 3.63) is 29.1 Å². The summed E-state index contributed by atoms with van der Waals surface area (Å²) in [6, 6.07) is 2.75. The third-order valence-electron chi connectivity index (χ3n) is 1.67. The van der Waals surface area contributed by atoms with E-state index < -0.39 is 12.4 Å². The lowest BCUT2D eigenvalue weighted by Crippen LogP contribution is -2.05. The summed E-state index contributed by atoms with van der Waals surface area (Å²) >= 11 is 3.12. The predicted octanol–water partition coefficient (Wildman–Crippen LogP) is 2.54. The topological polar surface area (TPSA) is 50.2 Å². The first kappa shape index (κ1) is 12.0. The van der Waals surface area contributed by atoms with E-state index in [1.54, 1.807) is 0 Å². The lowest BCUT2D eigenvalue weighted by atomic mass is 10.2. The molecule has 1 rings (SSSR count). The first-order valence-electron chi connectivity index (χ1n) is 4.08. The maximum atomic E-state index is 12.4. The second-order valence-corrected chi connectivity index (χ2v) is 3.46. The Bertz CT molecular complexity index is 371. The van der Waals surface area contributed by atoms with Crippen molar-refractivity contribution in [1.82, 2.24) is 4.98 Å². The molecule has 15 heavy (non-hydrogen) atoms. The van der Waals surface area contributed by atoms with Gasteiger partial charge in [0, 0.05) is 5.33 Å². The van der Waals surface area contributed by atoms with Crippen LogP contribution in [0.5, 0.6) is 0 Å². The Labute approximate surface area is 93.3 Å². The highest BCUT2D eigenvalue weighted by Crippen LogP contribution is 2.20. The number of alkyl halides is 3. The fraction of sp³-hybridized carbons (Fsp3) is 0.333. The SMILES string of the molecule is O=C(O)Cc1cc(CBr)cc(C(F)F)n1. The molecule has 0 saturated heterocycles. The number of rotatable bonds is 4. The van der Waals surface area contributed by atoms with Crippen molar-refractivity contribution in [3.8, 4) is 0 Å². The molecule has 1 N–H and O–H groups in total. The molecule has 6 heteroatoms. The van der Waals surface area contributed by atoms with Crippen molar-refractivity contribution in [2.45, 2.75) is 18.2 Å². The molecule has 0 aliphatic heterocycles. The van der Waals surface area contributed by atoms with E-state index in [-0.39, 0.29) is 17.8 Å². The summed E-state index contributed by atoms with van der Waals surface area (Å²) in [5, 5.41) is 8.91. The molecule has 0 fully saturated rings. The van der Waals surface area contributed by atoms with Crippen LogP contribution in [0.1, 0.15) is 23.4 Å². The van der Waals surface area contributed by atoms with Gasteiger partial charge in [0.05, 0.1) is 12.1 Å². The van der Waals surface area contributed by atoms with Crippen LogP contribution < -0.4 is 0 Å². The monoisotopic (exact) mass is 279 g/mol. The van der Waals surface area contributed by atoms with Crippen LogP contribution in [0.2, 0.25) is 0 Å². The molecular formula is C9H8BrF2NO2. The summed E-state index contributed by atoms with van der Waals surface area (Å²) in [7, 11) is 0. The number of halogens is 3. The molecule has 0 amide bonds. The van der Waals surface area contributed by atoms with E-state index >= 15 is 0 Å². The molecule has 0 spiro atoms. The summed E-state index contributed by atoms with van der Waals surface area (Å²) in [4.78, 5) is 14.0. The molecule has 0 unspecified atom stereocenters. The summed E-state index contributed by atoms with van der Waals surface area (Å²) in [6.07, 6.45) is -3.03. The van der Waals surface area contributed by atoms with Crippen molar-refractivity contribution < 1.29 is 18.7 Å². The molecule has 82 valence electrons. The molecule has 0 atom stereocenters. The Morgan fingerprint density at radius 2 is 2.20 bits per heavy atom. The van der Waals surface area contributed by atoms with Crippen LogP contribution in [0.25, 0.3) is 0 Å². The van der Waals surface area contributed by atoms with Gasteiger partial charge in [-0.25, -0.2) is 8.78 Å². The van der Waals surface area contributed by atoms with Crippen molar-refractivity contribution >= 4 is 21.9 Å². The minimum absolute atomic E-state index is 0.148. The second kappa shape index (κ2) is 5.16. The lowest BCUT2D eigenvalue weighted by molar-refractivity contribution is -0.136. The number of hydrogen-bond donors (Lipinski definition) is 1. The predicted molar refractivity (Wildman–Crippen MR) is 53.2 cm³/mol. The quantitative estimate of drug-likeness (QED) is 0.862. The van der Waals surface area contributed by atoms with Crippen LogP contribution >= 0.6 is 15.9 Å². The van der Waals surface area contributed by atoms with Crippen LogP contribution in [0, 0.1) is 0 Å². The van der Waals surface area contributed by atoms with E-state index in [1.165, 1.54) is 12.1 Å². The van der Waals surface area contributed by atoms with Crippen molar-refractivity contribution in [3.63, 3.8) is 0 Å². The van der Waals surface area contributed by atoms with E-state index in [2.05, 4.69) is 20.9 Å². The number of aliphatic carboxylic acids is 1.